The maximum absolute atomic E-state index is 10.5. The van der Waals surface area contributed by atoms with Crippen molar-refractivity contribution >= 4 is 65.4 Å². The molecule has 57 heavy (non-hydrogen) atoms. The minimum Gasteiger partial charge on any atom is -0.309 e. The van der Waals surface area contributed by atoms with Gasteiger partial charge in [0, 0.05) is 49.3 Å². The van der Waals surface area contributed by atoms with E-state index in [0.717, 1.165) is 93.6 Å². The van der Waals surface area contributed by atoms with Crippen LogP contribution in [0.15, 0.2) is 170 Å². The molecule has 6 nitrogen and oxygen atoms in total. The van der Waals surface area contributed by atoms with Crippen molar-refractivity contribution in [1.29, 1.82) is 15.8 Å². The largest absolute Gasteiger partial charge is 0.309 e. The molecular weight excluding hydrogens is 697 g/mol. The van der Waals surface area contributed by atoms with Gasteiger partial charge in [-0.15, -0.1) is 0 Å². The fourth-order valence-corrected chi connectivity index (χ4v) is 8.88. The molecule has 3 aromatic heterocycles. The van der Waals surface area contributed by atoms with Crippen molar-refractivity contribution in [2.24, 2.45) is 0 Å². The second-order valence-electron chi connectivity index (χ2n) is 14.3. The first-order chi connectivity index (χ1) is 28.1. The van der Waals surface area contributed by atoms with E-state index in [9.17, 15) is 15.8 Å². The lowest BCUT2D eigenvalue weighted by atomic mass is 9.99. The van der Waals surface area contributed by atoms with E-state index in [1.165, 1.54) is 0 Å². The summed E-state index contributed by atoms with van der Waals surface area (Å²) < 4.78 is 6.76. The first-order valence-corrected chi connectivity index (χ1v) is 18.7. The molecule has 262 valence electrons. The third-order valence-corrected chi connectivity index (χ3v) is 11.3. The zero-order chi connectivity index (χ0) is 38.2. The van der Waals surface area contributed by atoms with Crippen molar-refractivity contribution in [1.82, 2.24) is 13.7 Å². The van der Waals surface area contributed by atoms with Crippen LogP contribution in [0.4, 0.5) is 0 Å². The van der Waals surface area contributed by atoms with Gasteiger partial charge in [-0.25, -0.2) is 0 Å². The standard InChI is InChI=1S/C51H28N6/c52-29-32-16-24-48-43(26-32)44-27-33(30-53)17-25-49(44)56(48)37-22-23-42-41-11-1-4-13-45(41)55(50(42)28-37)36-20-18-34(19-21-36)38-12-7-8-35(31-54)51(38)57-46-14-5-2-9-39(46)40-10-3-6-15-47(40)57/h1-28H. The van der Waals surface area contributed by atoms with Crippen LogP contribution in [0.3, 0.4) is 0 Å². The molecule has 0 fully saturated rings. The Morgan fingerprint density at radius 3 is 1.39 bits per heavy atom. The van der Waals surface area contributed by atoms with Crippen LogP contribution in [-0.2, 0) is 0 Å². The van der Waals surface area contributed by atoms with Crippen molar-refractivity contribution < 1.29 is 0 Å². The van der Waals surface area contributed by atoms with E-state index in [0.29, 0.717) is 16.7 Å². The SMILES string of the molecule is N#Cc1ccc2c(c1)c1cc(C#N)ccc1n2-c1ccc2c3ccccc3n(-c3ccc(-c4cccc(C#N)c4-n4c5ccccc5c5ccccc54)cc3)c2c1. The minimum absolute atomic E-state index is 0.574. The molecule has 11 aromatic rings. The van der Waals surface area contributed by atoms with E-state index in [4.69, 9.17) is 0 Å². The Kier molecular flexibility index (Phi) is 6.95. The summed E-state index contributed by atoms with van der Waals surface area (Å²) in [5.74, 6) is 0. The molecular formula is C51H28N6. The van der Waals surface area contributed by atoms with Gasteiger partial charge in [0.15, 0.2) is 0 Å². The summed E-state index contributed by atoms with van der Waals surface area (Å²) in [5, 5.41) is 36.4. The van der Waals surface area contributed by atoms with E-state index < -0.39 is 0 Å². The Bertz CT molecular complexity index is 3490. The summed E-state index contributed by atoms with van der Waals surface area (Å²) in [4.78, 5) is 0. The van der Waals surface area contributed by atoms with Crippen molar-refractivity contribution in [3.05, 3.63) is 187 Å². The molecule has 0 aliphatic heterocycles. The molecule has 0 bridgehead atoms. The first-order valence-electron chi connectivity index (χ1n) is 18.7. The number of para-hydroxylation sites is 4. The number of nitriles is 3. The lowest BCUT2D eigenvalue weighted by Crippen LogP contribution is -2.01. The van der Waals surface area contributed by atoms with Gasteiger partial charge in [0.2, 0.25) is 0 Å². The summed E-state index contributed by atoms with van der Waals surface area (Å²) in [6, 6.07) is 64.9. The number of aromatic nitrogens is 3. The van der Waals surface area contributed by atoms with Gasteiger partial charge in [-0.2, -0.15) is 15.8 Å². The monoisotopic (exact) mass is 724 g/mol. The van der Waals surface area contributed by atoms with Crippen LogP contribution < -0.4 is 0 Å². The maximum atomic E-state index is 10.5. The van der Waals surface area contributed by atoms with E-state index in [-0.39, 0.29) is 0 Å². The summed E-state index contributed by atoms with van der Waals surface area (Å²) in [6.45, 7) is 0. The number of hydrogen-bond acceptors (Lipinski definition) is 3. The Hall–Kier alpha value is -8.37. The number of nitrogens with zero attached hydrogens (tertiary/aromatic N) is 6. The number of hydrogen-bond donors (Lipinski definition) is 0. The van der Waals surface area contributed by atoms with Gasteiger partial charge in [0.05, 0.1) is 67.6 Å². The predicted octanol–water partition coefficient (Wildman–Crippen LogP) is 12.3. The zero-order valence-electron chi connectivity index (χ0n) is 30.3. The highest BCUT2D eigenvalue weighted by Gasteiger charge is 2.20. The second kappa shape index (κ2) is 12.3. The molecule has 0 radical (unpaired) electrons. The van der Waals surface area contributed by atoms with Gasteiger partial charge in [-0.05, 0) is 90.5 Å². The van der Waals surface area contributed by atoms with Gasteiger partial charge in [0.1, 0.15) is 6.07 Å². The quantitative estimate of drug-likeness (QED) is 0.181. The highest BCUT2D eigenvalue weighted by atomic mass is 15.0. The average Bonchev–Trinajstić information content (AvgIpc) is 3.90. The van der Waals surface area contributed by atoms with Gasteiger partial charge in [-0.3, -0.25) is 0 Å². The Morgan fingerprint density at radius 1 is 0.333 bits per heavy atom. The third kappa shape index (κ3) is 4.68. The molecule has 0 saturated carbocycles. The zero-order valence-corrected chi connectivity index (χ0v) is 30.3. The van der Waals surface area contributed by atoms with Crippen LogP contribution in [-0.4, -0.2) is 13.7 Å². The van der Waals surface area contributed by atoms with E-state index in [1.54, 1.807) is 0 Å². The third-order valence-electron chi connectivity index (χ3n) is 11.3. The molecule has 0 N–H and O–H groups in total. The number of benzene rings is 8. The second-order valence-corrected chi connectivity index (χ2v) is 14.3. The van der Waals surface area contributed by atoms with Crippen LogP contribution >= 0.6 is 0 Å². The number of rotatable bonds is 4. The van der Waals surface area contributed by atoms with Gasteiger partial charge < -0.3 is 13.7 Å². The Labute approximate surface area is 326 Å². The van der Waals surface area contributed by atoms with Crippen molar-refractivity contribution in [3.63, 3.8) is 0 Å². The molecule has 6 heteroatoms. The molecule has 0 aliphatic carbocycles. The van der Waals surface area contributed by atoms with Crippen LogP contribution in [0.1, 0.15) is 16.7 Å². The highest BCUT2D eigenvalue weighted by molar-refractivity contribution is 6.13. The first kappa shape index (κ1) is 32.1. The molecule has 11 rings (SSSR count). The van der Waals surface area contributed by atoms with Crippen LogP contribution in [0.25, 0.3) is 93.6 Å². The minimum atomic E-state index is 0.574. The van der Waals surface area contributed by atoms with E-state index in [1.807, 2.05) is 48.5 Å². The van der Waals surface area contributed by atoms with Crippen molar-refractivity contribution in [3.8, 4) is 46.4 Å². The molecule has 0 unspecified atom stereocenters. The Morgan fingerprint density at radius 2 is 0.825 bits per heavy atom. The molecule has 0 aliphatic rings. The van der Waals surface area contributed by atoms with Gasteiger partial charge in [0.25, 0.3) is 0 Å². The molecule has 0 spiro atoms. The topological polar surface area (TPSA) is 86.2 Å². The predicted molar refractivity (Wildman–Crippen MR) is 229 cm³/mol. The van der Waals surface area contributed by atoms with E-state index in [2.05, 4.69) is 153 Å². The number of fused-ring (bicyclic) bond motifs is 9. The smallest absolute Gasteiger partial charge is 0.101 e. The van der Waals surface area contributed by atoms with Crippen LogP contribution in [0.2, 0.25) is 0 Å². The van der Waals surface area contributed by atoms with Crippen LogP contribution in [0, 0.1) is 34.0 Å². The molecule has 8 aromatic carbocycles. The van der Waals surface area contributed by atoms with E-state index >= 15 is 0 Å². The molecule has 0 atom stereocenters. The van der Waals surface area contributed by atoms with Crippen molar-refractivity contribution in [2.75, 3.05) is 0 Å². The summed E-state index contributed by atoms with van der Waals surface area (Å²) in [6.07, 6.45) is 0. The molecule has 3 heterocycles. The van der Waals surface area contributed by atoms with Gasteiger partial charge >= 0.3 is 0 Å². The average molecular weight is 725 g/mol. The molecule has 0 saturated heterocycles. The normalized spacial score (nSPS) is 11.5. The fourth-order valence-electron chi connectivity index (χ4n) is 8.88. The fraction of sp³-hybridized carbons (Fsp3) is 0. The molecule has 0 amide bonds. The van der Waals surface area contributed by atoms with Crippen molar-refractivity contribution in [2.45, 2.75) is 0 Å². The maximum Gasteiger partial charge on any atom is 0.101 e. The summed E-state index contributed by atoms with van der Waals surface area (Å²) in [5.41, 5.74) is 12.8. The summed E-state index contributed by atoms with van der Waals surface area (Å²) >= 11 is 0. The lowest BCUT2D eigenvalue weighted by molar-refractivity contribution is 1.15. The summed E-state index contributed by atoms with van der Waals surface area (Å²) in [7, 11) is 0. The van der Waals surface area contributed by atoms with Gasteiger partial charge in [-0.1, -0.05) is 84.9 Å². The Balaban J connectivity index is 1.11. The van der Waals surface area contributed by atoms with Crippen LogP contribution in [0.5, 0.6) is 0 Å². The highest BCUT2D eigenvalue weighted by Crippen LogP contribution is 2.40. The lowest BCUT2D eigenvalue weighted by Gasteiger charge is -2.16.